The summed E-state index contributed by atoms with van der Waals surface area (Å²) in [6.07, 6.45) is 0.890. The lowest BCUT2D eigenvalue weighted by molar-refractivity contribution is 0.0760. The van der Waals surface area contributed by atoms with Crippen molar-refractivity contribution in [3.8, 4) is 17.2 Å². The molecule has 1 aliphatic rings. The van der Waals surface area contributed by atoms with Gasteiger partial charge in [0.05, 0.1) is 25.6 Å². The third-order valence-electron chi connectivity index (χ3n) is 5.62. The molecule has 8 heteroatoms. The molecule has 1 aliphatic heterocycles. The van der Waals surface area contributed by atoms with Gasteiger partial charge in [0.2, 0.25) is 0 Å². The van der Waals surface area contributed by atoms with Crippen LogP contribution in [0.2, 0.25) is 0 Å². The minimum atomic E-state index is -0.0803. The molecule has 0 atom stereocenters. The van der Waals surface area contributed by atoms with Crippen LogP contribution in [-0.4, -0.2) is 66.2 Å². The van der Waals surface area contributed by atoms with Crippen molar-refractivity contribution in [1.29, 1.82) is 0 Å². The van der Waals surface area contributed by atoms with Crippen LogP contribution in [0.25, 0.3) is 5.69 Å². The van der Waals surface area contributed by atoms with Crippen molar-refractivity contribution in [3.63, 3.8) is 0 Å². The highest BCUT2D eigenvalue weighted by Crippen LogP contribution is 2.22. The molecule has 31 heavy (non-hydrogen) atoms. The minimum Gasteiger partial charge on any atom is -0.497 e. The van der Waals surface area contributed by atoms with Crippen molar-refractivity contribution < 1.29 is 14.3 Å². The van der Waals surface area contributed by atoms with Gasteiger partial charge in [0.1, 0.15) is 11.5 Å². The topological polar surface area (TPSA) is 72.7 Å². The van der Waals surface area contributed by atoms with E-state index in [0.29, 0.717) is 18.8 Å². The number of ether oxygens (including phenoxy) is 2. The molecule has 0 bridgehead atoms. The van der Waals surface area contributed by atoms with Crippen LogP contribution in [0.1, 0.15) is 22.6 Å². The highest BCUT2D eigenvalue weighted by atomic mass is 16.5. The Balaban J connectivity index is 1.48. The Morgan fingerprint density at radius 1 is 0.903 bits per heavy atom. The summed E-state index contributed by atoms with van der Waals surface area (Å²) in [6.45, 7) is 4.86. The van der Waals surface area contributed by atoms with Crippen molar-refractivity contribution in [3.05, 3.63) is 59.9 Å². The average molecular weight is 422 g/mol. The number of hydrogen-bond acceptors (Lipinski definition) is 6. The number of methoxy groups -OCH3 is 2. The maximum absolute atomic E-state index is 13.2. The maximum atomic E-state index is 13.2. The summed E-state index contributed by atoms with van der Waals surface area (Å²) in [7, 11) is 3.29. The van der Waals surface area contributed by atoms with Gasteiger partial charge in [-0.05, 0) is 49.7 Å². The first-order valence-electron chi connectivity index (χ1n) is 10.4. The van der Waals surface area contributed by atoms with Gasteiger partial charge in [0, 0.05) is 37.9 Å². The largest absolute Gasteiger partial charge is 0.497 e. The van der Waals surface area contributed by atoms with E-state index < -0.39 is 0 Å². The van der Waals surface area contributed by atoms with Crippen LogP contribution < -0.4 is 14.4 Å². The molecule has 0 aliphatic carbocycles. The molecule has 1 saturated heterocycles. The zero-order chi connectivity index (χ0) is 21.8. The van der Waals surface area contributed by atoms with E-state index in [1.54, 1.807) is 18.9 Å². The van der Waals surface area contributed by atoms with E-state index in [-0.39, 0.29) is 5.91 Å². The number of carbonyl (C=O) groups excluding carboxylic acids is 1. The number of aromatic nitrogens is 3. The lowest BCUT2D eigenvalue weighted by atomic mass is 10.2. The van der Waals surface area contributed by atoms with Crippen molar-refractivity contribution in [2.45, 2.75) is 13.3 Å². The summed E-state index contributed by atoms with van der Waals surface area (Å²) in [5.74, 6) is 1.49. The van der Waals surface area contributed by atoms with E-state index in [4.69, 9.17) is 9.47 Å². The van der Waals surface area contributed by atoms with E-state index in [2.05, 4.69) is 27.3 Å². The van der Waals surface area contributed by atoms with Gasteiger partial charge in [-0.25, -0.2) is 4.68 Å². The van der Waals surface area contributed by atoms with Gasteiger partial charge in [-0.1, -0.05) is 11.3 Å². The molecule has 2 aromatic carbocycles. The monoisotopic (exact) mass is 421 g/mol. The quantitative estimate of drug-likeness (QED) is 0.631. The van der Waals surface area contributed by atoms with E-state index in [9.17, 15) is 4.79 Å². The van der Waals surface area contributed by atoms with E-state index in [0.717, 1.165) is 48.1 Å². The predicted octanol–water partition coefficient (Wildman–Crippen LogP) is 2.95. The zero-order valence-electron chi connectivity index (χ0n) is 18.1. The van der Waals surface area contributed by atoms with Gasteiger partial charge in [0.15, 0.2) is 5.69 Å². The Kier molecular flexibility index (Phi) is 6.06. The Bertz CT molecular complexity index is 1050. The molecule has 0 unspecified atom stereocenters. The van der Waals surface area contributed by atoms with Crippen molar-refractivity contribution in [2.75, 3.05) is 45.3 Å². The Morgan fingerprint density at radius 2 is 1.68 bits per heavy atom. The number of rotatable bonds is 5. The molecule has 2 heterocycles. The summed E-state index contributed by atoms with van der Waals surface area (Å²) in [4.78, 5) is 17.4. The van der Waals surface area contributed by atoms with Gasteiger partial charge in [-0.3, -0.25) is 4.79 Å². The molecular formula is C23H27N5O3. The standard InChI is InChI=1S/C23H27N5O3/c1-17-22(24-25-28(17)19-6-4-7-21(16-19)31-3)23(29)27-13-5-12-26(14-15-27)18-8-10-20(30-2)11-9-18/h4,6-11,16H,5,12-15H2,1-3H3. The number of carbonyl (C=O) groups is 1. The van der Waals surface area contributed by atoms with Crippen LogP contribution in [0, 0.1) is 6.92 Å². The molecule has 1 fully saturated rings. The Morgan fingerprint density at radius 3 is 2.42 bits per heavy atom. The molecule has 4 rings (SSSR count). The summed E-state index contributed by atoms with van der Waals surface area (Å²) >= 11 is 0. The summed E-state index contributed by atoms with van der Waals surface area (Å²) in [5, 5.41) is 8.42. The van der Waals surface area contributed by atoms with Gasteiger partial charge < -0.3 is 19.3 Å². The maximum Gasteiger partial charge on any atom is 0.276 e. The molecule has 162 valence electrons. The van der Waals surface area contributed by atoms with Crippen LogP contribution in [0.3, 0.4) is 0 Å². The Hall–Kier alpha value is -3.55. The normalized spacial score (nSPS) is 14.3. The number of anilines is 1. The summed E-state index contributed by atoms with van der Waals surface area (Å²) in [5.41, 5.74) is 3.05. The number of hydrogen-bond donors (Lipinski definition) is 0. The molecule has 1 aromatic heterocycles. The third kappa shape index (κ3) is 4.33. The highest BCUT2D eigenvalue weighted by molar-refractivity contribution is 5.93. The van der Waals surface area contributed by atoms with Crippen LogP contribution in [-0.2, 0) is 0 Å². The molecule has 0 spiro atoms. The molecule has 1 amide bonds. The molecule has 8 nitrogen and oxygen atoms in total. The van der Waals surface area contributed by atoms with Crippen LogP contribution in [0.15, 0.2) is 48.5 Å². The van der Waals surface area contributed by atoms with Crippen molar-refractivity contribution in [2.24, 2.45) is 0 Å². The van der Waals surface area contributed by atoms with Crippen LogP contribution in [0.4, 0.5) is 5.69 Å². The number of benzene rings is 2. The molecule has 0 saturated carbocycles. The van der Waals surface area contributed by atoms with Crippen molar-refractivity contribution >= 4 is 11.6 Å². The summed E-state index contributed by atoms with van der Waals surface area (Å²) < 4.78 is 12.2. The minimum absolute atomic E-state index is 0.0803. The van der Waals surface area contributed by atoms with Gasteiger partial charge in [-0.2, -0.15) is 0 Å². The second-order valence-corrected chi connectivity index (χ2v) is 7.47. The first kappa shape index (κ1) is 20.7. The molecule has 3 aromatic rings. The number of amides is 1. The second-order valence-electron chi connectivity index (χ2n) is 7.47. The first-order valence-corrected chi connectivity index (χ1v) is 10.4. The van der Waals surface area contributed by atoms with E-state index >= 15 is 0 Å². The SMILES string of the molecule is COc1ccc(N2CCCN(C(=O)c3nnn(-c4cccc(OC)c4)c3C)CC2)cc1. The fraction of sp³-hybridized carbons (Fsp3) is 0.348. The van der Waals surface area contributed by atoms with Gasteiger partial charge in [0.25, 0.3) is 5.91 Å². The van der Waals surface area contributed by atoms with Gasteiger partial charge >= 0.3 is 0 Å². The number of nitrogens with zero attached hydrogens (tertiary/aromatic N) is 5. The van der Waals surface area contributed by atoms with E-state index in [1.807, 2.05) is 48.2 Å². The second kappa shape index (κ2) is 9.07. The third-order valence-corrected chi connectivity index (χ3v) is 5.62. The first-order chi connectivity index (χ1) is 15.1. The predicted molar refractivity (Wildman–Crippen MR) is 118 cm³/mol. The average Bonchev–Trinajstić information content (AvgIpc) is 3.03. The lowest BCUT2D eigenvalue weighted by Gasteiger charge is -2.23. The Labute approximate surface area is 182 Å². The van der Waals surface area contributed by atoms with E-state index in [1.165, 1.54) is 0 Å². The zero-order valence-corrected chi connectivity index (χ0v) is 18.1. The van der Waals surface area contributed by atoms with Gasteiger partial charge in [-0.15, -0.1) is 5.10 Å². The smallest absolute Gasteiger partial charge is 0.276 e. The molecular weight excluding hydrogens is 394 g/mol. The fourth-order valence-electron chi connectivity index (χ4n) is 3.84. The lowest BCUT2D eigenvalue weighted by Crippen LogP contribution is -2.35. The highest BCUT2D eigenvalue weighted by Gasteiger charge is 2.25. The molecule has 0 N–H and O–H groups in total. The van der Waals surface area contributed by atoms with Crippen molar-refractivity contribution in [1.82, 2.24) is 19.9 Å². The summed E-state index contributed by atoms with van der Waals surface area (Å²) in [6, 6.07) is 15.6. The van der Waals surface area contributed by atoms with Crippen LogP contribution in [0.5, 0.6) is 11.5 Å². The molecule has 0 radical (unpaired) electrons. The van der Waals surface area contributed by atoms with Crippen LogP contribution >= 0.6 is 0 Å². The fourth-order valence-corrected chi connectivity index (χ4v) is 3.84.